The third-order valence-corrected chi connectivity index (χ3v) is 2.16. The molecule has 0 bridgehead atoms. The molecule has 0 heterocycles. The van der Waals surface area contributed by atoms with Crippen LogP contribution < -0.4 is 5.73 Å². The normalized spacial score (nSPS) is 12.8. The molecule has 0 aliphatic rings. The molecule has 3 N–H and O–H groups in total. The van der Waals surface area contributed by atoms with Gasteiger partial charge in [-0.25, -0.2) is 4.79 Å². The summed E-state index contributed by atoms with van der Waals surface area (Å²) in [5.41, 5.74) is 5.17. The molecule has 3 nitrogen and oxygen atoms in total. The van der Waals surface area contributed by atoms with Gasteiger partial charge >= 0.3 is 11.9 Å². The topological polar surface area (TPSA) is 63.3 Å². The van der Waals surface area contributed by atoms with Gasteiger partial charge < -0.3 is 10.8 Å². The van der Waals surface area contributed by atoms with Crippen molar-refractivity contribution in [2.75, 3.05) is 0 Å². The average Bonchev–Trinajstić information content (AvgIpc) is 2.17. The lowest BCUT2D eigenvalue weighted by Gasteiger charge is -2.19. The summed E-state index contributed by atoms with van der Waals surface area (Å²) in [7, 11) is 0. The molecule has 90 valence electrons. The van der Waals surface area contributed by atoms with E-state index in [-0.39, 0.29) is 18.0 Å². The van der Waals surface area contributed by atoms with E-state index in [9.17, 15) is 13.6 Å². The second-order valence-corrected chi connectivity index (χ2v) is 3.39. The quantitative estimate of drug-likeness (QED) is 0.888. The molecule has 0 aliphatic carbocycles. The molecule has 7 heteroatoms. The predicted molar refractivity (Wildman–Crippen MR) is 58.2 cm³/mol. The number of benzene rings is 1. The van der Waals surface area contributed by atoms with Crippen LogP contribution in [0.4, 0.5) is 8.78 Å². The number of aliphatic carboxylic acids is 1. The predicted octanol–water partition coefficient (Wildman–Crippen LogP) is 2.48. The van der Waals surface area contributed by atoms with Crippen LogP contribution in [0, 0.1) is 0 Å². The van der Waals surface area contributed by atoms with E-state index < -0.39 is 17.9 Å². The molecular weight excluding hydrogens is 263 g/mol. The van der Waals surface area contributed by atoms with Gasteiger partial charge in [0.1, 0.15) is 6.04 Å². The van der Waals surface area contributed by atoms with Crippen LogP contribution in [0.2, 0.25) is 5.02 Å². The number of hydrogen-bond acceptors (Lipinski definition) is 2. The largest absolute Gasteiger partial charge is 0.477 e. The molecule has 1 rings (SSSR count). The molecule has 1 aromatic rings. The standard InChI is InChI=1S/C9H8ClF2NO2.ClH/c10-6-3-1-5(2-4-6)7(13)9(11,12)8(14)15;/h1-4,7H,13H2,(H,14,15);1H. The minimum atomic E-state index is -3.99. The number of halogens is 4. The van der Waals surface area contributed by atoms with Crippen molar-refractivity contribution >= 4 is 30.0 Å². The Hall–Kier alpha value is -0.910. The minimum absolute atomic E-state index is 0. The minimum Gasteiger partial charge on any atom is -0.477 e. The average molecular weight is 272 g/mol. The highest BCUT2D eigenvalue weighted by molar-refractivity contribution is 6.30. The third kappa shape index (κ3) is 3.04. The molecule has 0 amide bonds. The van der Waals surface area contributed by atoms with E-state index in [2.05, 4.69) is 0 Å². The molecule has 1 unspecified atom stereocenters. The Morgan fingerprint density at radius 2 is 1.81 bits per heavy atom. The second-order valence-electron chi connectivity index (χ2n) is 2.96. The number of hydrogen-bond donors (Lipinski definition) is 2. The van der Waals surface area contributed by atoms with Gasteiger partial charge in [0.2, 0.25) is 0 Å². The Morgan fingerprint density at radius 3 is 2.19 bits per heavy atom. The van der Waals surface area contributed by atoms with Gasteiger partial charge in [-0.05, 0) is 17.7 Å². The summed E-state index contributed by atoms with van der Waals surface area (Å²) in [6, 6.07) is 3.39. The number of nitrogens with two attached hydrogens (primary N) is 1. The molecule has 0 saturated carbocycles. The van der Waals surface area contributed by atoms with Gasteiger partial charge in [-0.15, -0.1) is 12.4 Å². The zero-order valence-electron chi connectivity index (χ0n) is 7.86. The van der Waals surface area contributed by atoms with Crippen molar-refractivity contribution in [3.05, 3.63) is 34.9 Å². The van der Waals surface area contributed by atoms with Gasteiger partial charge in [0, 0.05) is 5.02 Å². The van der Waals surface area contributed by atoms with Crippen molar-refractivity contribution in [3.8, 4) is 0 Å². The number of alkyl halides is 2. The molecule has 1 aromatic carbocycles. The molecule has 1 atom stereocenters. The van der Waals surface area contributed by atoms with Crippen LogP contribution in [-0.2, 0) is 4.79 Å². The van der Waals surface area contributed by atoms with E-state index in [0.717, 1.165) is 0 Å². The summed E-state index contributed by atoms with van der Waals surface area (Å²) in [5, 5.41) is 8.64. The number of carbonyl (C=O) groups is 1. The zero-order chi connectivity index (χ0) is 11.6. The summed E-state index contributed by atoms with van der Waals surface area (Å²) < 4.78 is 25.9. The van der Waals surface area contributed by atoms with E-state index in [0.29, 0.717) is 5.02 Å². The Morgan fingerprint density at radius 1 is 1.38 bits per heavy atom. The molecule has 0 spiro atoms. The Kier molecular flexibility index (Phi) is 5.12. The van der Waals surface area contributed by atoms with Gasteiger partial charge in [-0.2, -0.15) is 8.78 Å². The first-order valence-corrected chi connectivity index (χ1v) is 4.35. The summed E-state index contributed by atoms with van der Waals surface area (Å²) >= 11 is 5.55. The van der Waals surface area contributed by atoms with Crippen LogP contribution in [0.1, 0.15) is 11.6 Å². The fraction of sp³-hybridized carbons (Fsp3) is 0.222. The molecule has 16 heavy (non-hydrogen) atoms. The van der Waals surface area contributed by atoms with Gasteiger partial charge in [0.05, 0.1) is 0 Å². The molecule has 0 radical (unpaired) electrons. The zero-order valence-corrected chi connectivity index (χ0v) is 9.43. The summed E-state index contributed by atoms with van der Waals surface area (Å²) in [6.45, 7) is 0. The highest BCUT2D eigenvalue weighted by atomic mass is 35.5. The monoisotopic (exact) mass is 271 g/mol. The van der Waals surface area contributed by atoms with Crippen LogP contribution in [0.25, 0.3) is 0 Å². The van der Waals surface area contributed by atoms with Crippen LogP contribution in [-0.4, -0.2) is 17.0 Å². The molecule has 0 fully saturated rings. The van der Waals surface area contributed by atoms with Crippen LogP contribution in [0.3, 0.4) is 0 Å². The van der Waals surface area contributed by atoms with Crippen molar-refractivity contribution in [1.82, 2.24) is 0 Å². The van der Waals surface area contributed by atoms with E-state index in [1.165, 1.54) is 24.3 Å². The smallest absolute Gasteiger partial charge is 0.376 e. The maximum atomic E-state index is 13.0. The first kappa shape index (κ1) is 15.1. The Balaban J connectivity index is 0.00000225. The Bertz CT molecular complexity index is 370. The highest BCUT2D eigenvalue weighted by Crippen LogP contribution is 2.29. The number of rotatable bonds is 3. The van der Waals surface area contributed by atoms with Crippen LogP contribution >= 0.6 is 24.0 Å². The summed E-state index contributed by atoms with van der Waals surface area (Å²) in [5.74, 6) is -6.24. The van der Waals surface area contributed by atoms with E-state index in [1.807, 2.05) is 0 Å². The Labute approximate surface area is 102 Å². The molecule has 0 saturated heterocycles. The van der Waals surface area contributed by atoms with Crippen molar-refractivity contribution < 1.29 is 18.7 Å². The maximum absolute atomic E-state index is 13.0. The van der Waals surface area contributed by atoms with Gasteiger partial charge in [0.25, 0.3) is 0 Å². The third-order valence-electron chi connectivity index (χ3n) is 1.90. The lowest BCUT2D eigenvalue weighted by molar-refractivity contribution is -0.168. The van der Waals surface area contributed by atoms with Crippen molar-refractivity contribution in [2.24, 2.45) is 5.73 Å². The van der Waals surface area contributed by atoms with Crippen molar-refractivity contribution in [2.45, 2.75) is 12.0 Å². The van der Waals surface area contributed by atoms with Gasteiger partial charge in [0.15, 0.2) is 0 Å². The lowest BCUT2D eigenvalue weighted by Crippen LogP contribution is -2.40. The second kappa shape index (κ2) is 5.43. The van der Waals surface area contributed by atoms with Gasteiger partial charge in [-0.1, -0.05) is 23.7 Å². The summed E-state index contributed by atoms with van der Waals surface area (Å²) in [6.07, 6.45) is 0. The first-order chi connectivity index (χ1) is 6.85. The summed E-state index contributed by atoms with van der Waals surface area (Å²) in [4.78, 5) is 10.2. The highest BCUT2D eigenvalue weighted by Gasteiger charge is 2.46. The molecule has 0 aliphatic heterocycles. The number of carboxylic acids is 1. The van der Waals surface area contributed by atoms with Crippen molar-refractivity contribution in [1.29, 1.82) is 0 Å². The number of carboxylic acid groups (broad SMARTS) is 1. The van der Waals surface area contributed by atoms with E-state index in [4.69, 9.17) is 22.4 Å². The van der Waals surface area contributed by atoms with Crippen LogP contribution in [0.15, 0.2) is 24.3 Å². The fourth-order valence-electron chi connectivity index (χ4n) is 1.01. The molecule has 0 aromatic heterocycles. The lowest BCUT2D eigenvalue weighted by atomic mass is 10.0. The van der Waals surface area contributed by atoms with Crippen LogP contribution in [0.5, 0.6) is 0 Å². The fourth-order valence-corrected chi connectivity index (χ4v) is 1.14. The van der Waals surface area contributed by atoms with Crippen molar-refractivity contribution in [3.63, 3.8) is 0 Å². The first-order valence-electron chi connectivity index (χ1n) is 3.98. The van der Waals surface area contributed by atoms with E-state index >= 15 is 0 Å². The SMILES string of the molecule is Cl.NC(c1ccc(Cl)cc1)C(F)(F)C(=O)O. The maximum Gasteiger partial charge on any atom is 0.376 e. The van der Waals surface area contributed by atoms with E-state index in [1.54, 1.807) is 0 Å². The van der Waals surface area contributed by atoms with Gasteiger partial charge in [-0.3, -0.25) is 0 Å². The molecular formula is C9H9Cl2F2NO2.